The maximum absolute atomic E-state index is 12.3. The van der Waals surface area contributed by atoms with Crippen LogP contribution in [0.2, 0.25) is 0 Å². The summed E-state index contributed by atoms with van der Waals surface area (Å²) in [5.41, 5.74) is 3.25. The van der Waals surface area contributed by atoms with Gasteiger partial charge in [-0.25, -0.2) is 0 Å². The minimum Gasteiger partial charge on any atom is -0.497 e. The lowest BCUT2D eigenvalue weighted by Crippen LogP contribution is -2.22. The fourth-order valence-corrected chi connectivity index (χ4v) is 3.11. The van der Waals surface area contributed by atoms with Crippen molar-refractivity contribution in [2.24, 2.45) is 0 Å². The van der Waals surface area contributed by atoms with Crippen LogP contribution in [-0.4, -0.2) is 24.3 Å². The highest BCUT2D eigenvalue weighted by Gasteiger charge is 2.20. The predicted molar refractivity (Wildman–Crippen MR) is 99.9 cm³/mol. The van der Waals surface area contributed by atoms with Gasteiger partial charge in [0.15, 0.2) is 11.5 Å². The molecule has 2 aromatic carbocycles. The van der Waals surface area contributed by atoms with E-state index < -0.39 is 0 Å². The third-order valence-electron chi connectivity index (χ3n) is 4.54. The third kappa shape index (κ3) is 3.65. The van der Waals surface area contributed by atoms with Crippen molar-refractivity contribution in [3.05, 3.63) is 65.4 Å². The molecule has 0 aliphatic carbocycles. The fraction of sp³-hybridized carbons (Fsp3) is 0.238. The molecule has 6 heteroatoms. The van der Waals surface area contributed by atoms with Gasteiger partial charge in [0.25, 0.3) is 5.91 Å². The quantitative estimate of drug-likeness (QED) is 0.749. The van der Waals surface area contributed by atoms with Gasteiger partial charge in [-0.2, -0.15) is 0 Å². The van der Waals surface area contributed by atoms with Gasteiger partial charge in [0.1, 0.15) is 17.6 Å². The van der Waals surface area contributed by atoms with Crippen molar-refractivity contribution in [1.29, 1.82) is 0 Å². The monoisotopic (exact) mass is 364 g/mol. The largest absolute Gasteiger partial charge is 0.497 e. The Kier molecular flexibility index (Phi) is 4.54. The molecule has 3 aromatic rings. The molecule has 138 valence electrons. The van der Waals surface area contributed by atoms with Crippen LogP contribution in [0, 0.1) is 0 Å². The Morgan fingerprint density at radius 1 is 1.22 bits per heavy atom. The molecule has 1 atom stereocenters. The van der Waals surface area contributed by atoms with Gasteiger partial charge in [0, 0.05) is 24.6 Å². The van der Waals surface area contributed by atoms with Gasteiger partial charge in [-0.1, -0.05) is 17.3 Å². The number of carbonyl (C=O) groups excluding carboxylic acids is 1. The summed E-state index contributed by atoms with van der Waals surface area (Å²) in [5.74, 6) is 1.97. The highest BCUT2D eigenvalue weighted by Crippen LogP contribution is 2.33. The summed E-state index contributed by atoms with van der Waals surface area (Å²) in [4.78, 5) is 12.3. The van der Waals surface area contributed by atoms with E-state index in [-0.39, 0.29) is 17.7 Å². The second kappa shape index (κ2) is 7.15. The van der Waals surface area contributed by atoms with E-state index >= 15 is 0 Å². The van der Waals surface area contributed by atoms with Crippen LogP contribution in [0.1, 0.15) is 28.5 Å². The predicted octanol–water partition coefficient (Wildman–Crippen LogP) is 3.60. The summed E-state index contributed by atoms with van der Waals surface area (Å²) in [6, 6.07) is 15.0. The molecular weight excluding hydrogens is 344 g/mol. The van der Waals surface area contributed by atoms with E-state index in [9.17, 15) is 4.79 Å². The minimum absolute atomic E-state index is 0.185. The number of fused-ring (bicyclic) bond motifs is 1. The highest BCUT2D eigenvalue weighted by molar-refractivity contribution is 5.93. The number of nitrogens with zero attached hydrogens (tertiary/aromatic N) is 1. The molecule has 1 aliphatic heterocycles. The van der Waals surface area contributed by atoms with Crippen molar-refractivity contribution in [3.8, 4) is 22.8 Å². The molecule has 4 rings (SSSR count). The number of nitrogens with one attached hydrogen (secondary N) is 1. The zero-order chi connectivity index (χ0) is 18.8. The van der Waals surface area contributed by atoms with Crippen LogP contribution < -0.4 is 14.8 Å². The van der Waals surface area contributed by atoms with E-state index in [1.54, 1.807) is 13.2 Å². The molecule has 1 amide bonds. The van der Waals surface area contributed by atoms with Gasteiger partial charge in [-0.3, -0.25) is 4.79 Å². The van der Waals surface area contributed by atoms with Crippen molar-refractivity contribution < 1.29 is 18.8 Å². The molecular formula is C21H20N2O4. The first-order chi connectivity index (χ1) is 13.1. The van der Waals surface area contributed by atoms with E-state index in [0.29, 0.717) is 12.3 Å². The highest BCUT2D eigenvalue weighted by atomic mass is 16.5. The molecule has 0 saturated carbocycles. The van der Waals surface area contributed by atoms with E-state index in [4.69, 9.17) is 14.0 Å². The first-order valence-electron chi connectivity index (χ1n) is 8.80. The molecule has 0 fully saturated rings. The van der Waals surface area contributed by atoms with Gasteiger partial charge in [0.05, 0.1) is 7.11 Å². The molecule has 1 unspecified atom stereocenters. The zero-order valence-electron chi connectivity index (χ0n) is 15.2. The van der Waals surface area contributed by atoms with Gasteiger partial charge in [-0.15, -0.1) is 0 Å². The Hall–Kier alpha value is -3.28. The number of benzene rings is 2. The number of carbonyl (C=O) groups is 1. The van der Waals surface area contributed by atoms with E-state index in [0.717, 1.165) is 34.6 Å². The average molecular weight is 364 g/mol. The Morgan fingerprint density at radius 2 is 2.04 bits per heavy atom. The molecule has 1 aliphatic rings. The van der Waals surface area contributed by atoms with Crippen LogP contribution >= 0.6 is 0 Å². The van der Waals surface area contributed by atoms with Gasteiger partial charge in [-0.05, 0) is 48.4 Å². The molecule has 2 heterocycles. The van der Waals surface area contributed by atoms with Crippen molar-refractivity contribution >= 4 is 5.91 Å². The molecule has 1 aromatic heterocycles. The van der Waals surface area contributed by atoms with Crippen molar-refractivity contribution in [3.63, 3.8) is 0 Å². The van der Waals surface area contributed by atoms with Crippen molar-refractivity contribution in [1.82, 2.24) is 10.5 Å². The lowest BCUT2D eigenvalue weighted by atomic mass is 10.1. The molecule has 0 spiro atoms. The van der Waals surface area contributed by atoms with Gasteiger partial charge in [0.2, 0.25) is 0 Å². The van der Waals surface area contributed by atoms with Crippen molar-refractivity contribution in [2.45, 2.75) is 26.0 Å². The first kappa shape index (κ1) is 17.1. The summed E-state index contributed by atoms with van der Waals surface area (Å²) in [7, 11) is 1.62. The normalized spacial score (nSPS) is 15.1. The number of amides is 1. The lowest BCUT2D eigenvalue weighted by Gasteiger charge is -2.04. The number of rotatable bonds is 5. The maximum Gasteiger partial charge on any atom is 0.273 e. The van der Waals surface area contributed by atoms with Crippen LogP contribution in [-0.2, 0) is 13.0 Å². The number of hydrogen-bond donors (Lipinski definition) is 1. The fourth-order valence-electron chi connectivity index (χ4n) is 3.11. The Morgan fingerprint density at radius 3 is 2.81 bits per heavy atom. The summed E-state index contributed by atoms with van der Waals surface area (Å²) in [6.07, 6.45) is 1.05. The SMILES string of the molecule is COc1ccc(CNC(=O)c2cc(-c3ccc4c(c3)CC(C)O4)on2)cc1. The number of ether oxygens (including phenoxy) is 2. The van der Waals surface area contributed by atoms with Crippen LogP contribution in [0.4, 0.5) is 0 Å². The van der Waals surface area contributed by atoms with Gasteiger partial charge >= 0.3 is 0 Å². The van der Waals surface area contributed by atoms with Crippen LogP contribution in [0.15, 0.2) is 53.1 Å². The number of hydrogen-bond acceptors (Lipinski definition) is 5. The lowest BCUT2D eigenvalue weighted by molar-refractivity contribution is 0.0942. The molecule has 27 heavy (non-hydrogen) atoms. The Balaban J connectivity index is 1.42. The number of methoxy groups -OCH3 is 1. The summed E-state index contributed by atoms with van der Waals surface area (Å²) in [5, 5.41) is 6.75. The molecule has 0 bridgehead atoms. The second-order valence-corrected chi connectivity index (χ2v) is 6.56. The topological polar surface area (TPSA) is 73.6 Å². The van der Waals surface area contributed by atoms with Crippen molar-refractivity contribution in [2.75, 3.05) is 7.11 Å². The van der Waals surface area contributed by atoms with Gasteiger partial charge < -0.3 is 19.3 Å². The Labute approximate surface area is 157 Å². The van der Waals surface area contributed by atoms with Crippen LogP contribution in [0.3, 0.4) is 0 Å². The van der Waals surface area contributed by atoms with E-state index in [1.165, 1.54) is 0 Å². The third-order valence-corrected chi connectivity index (χ3v) is 4.54. The summed E-state index contributed by atoms with van der Waals surface area (Å²) >= 11 is 0. The zero-order valence-corrected chi connectivity index (χ0v) is 15.2. The number of aromatic nitrogens is 1. The second-order valence-electron chi connectivity index (χ2n) is 6.56. The van der Waals surface area contributed by atoms with Crippen LogP contribution in [0.25, 0.3) is 11.3 Å². The minimum atomic E-state index is -0.279. The van der Waals surface area contributed by atoms with E-state index in [1.807, 2.05) is 49.4 Å². The first-order valence-corrected chi connectivity index (χ1v) is 8.80. The molecule has 1 N–H and O–H groups in total. The summed E-state index contributed by atoms with van der Waals surface area (Å²) < 4.78 is 16.2. The standard InChI is InChI=1S/C21H20N2O4/c1-13-9-16-10-15(5-8-19(16)26-13)20-11-18(23-27-20)21(24)22-12-14-3-6-17(25-2)7-4-14/h3-8,10-11,13H,9,12H2,1-2H3,(H,22,24). The molecule has 0 saturated heterocycles. The molecule has 0 radical (unpaired) electrons. The summed E-state index contributed by atoms with van der Waals surface area (Å²) in [6.45, 7) is 2.44. The Bertz CT molecular complexity index is 963. The maximum atomic E-state index is 12.3. The average Bonchev–Trinajstić information content (AvgIpc) is 3.31. The molecule has 6 nitrogen and oxygen atoms in total. The van der Waals surface area contributed by atoms with E-state index in [2.05, 4.69) is 10.5 Å². The van der Waals surface area contributed by atoms with Crippen LogP contribution in [0.5, 0.6) is 11.5 Å². The smallest absolute Gasteiger partial charge is 0.273 e.